The van der Waals surface area contributed by atoms with Crippen molar-refractivity contribution in [3.8, 4) is 0 Å². The molecule has 36 heavy (non-hydrogen) atoms. The molecule has 0 fully saturated rings. The van der Waals surface area contributed by atoms with Crippen LogP contribution in [0.1, 0.15) is 57.7 Å². The fourth-order valence-electron chi connectivity index (χ4n) is 5.76. The number of aromatic amines is 1. The molecule has 3 aromatic carbocycles. The number of ether oxygens (including phenoxy) is 1. The maximum atomic E-state index is 12.5. The number of nitrogens with one attached hydrogen (secondary N) is 1. The van der Waals surface area contributed by atoms with Crippen molar-refractivity contribution < 1.29 is 9.53 Å². The molecule has 0 radical (unpaired) electrons. The number of esters is 1. The van der Waals surface area contributed by atoms with Crippen LogP contribution in [-0.2, 0) is 16.7 Å². The third-order valence-corrected chi connectivity index (χ3v) is 7.32. The van der Waals surface area contributed by atoms with Gasteiger partial charge in [0.15, 0.2) is 5.69 Å². The van der Waals surface area contributed by atoms with Gasteiger partial charge in [-0.15, -0.1) is 0 Å². The van der Waals surface area contributed by atoms with E-state index in [2.05, 4.69) is 88.0 Å². The van der Waals surface area contributed by atoms with Crippen molar-refractivity contribution in [1.29, 1.82) is 0 Å². The molecule has 6 nitrogen and oxygen atoms in total. The van der Waals surface area contributed by atoms with Crippen molar-refractivity contribution >= 4 is 11.7 Å². The van der Waals surface area contributed by atoms with Gasteiger partial charge in [-0.3, -0.25) is 10.1 Å². The molecule has 1 unspecified atom stereocenters. The predicted octanol–water partition coefficient (Wildman–Crippen LogP) is 5.28. The Hall–Kier alpha value is -4.19. The van der Waals surface area contributed by atoms with Gasteiger partial charge in [0.05, 0.1) is 19.1 Å². The monoisotopic (exact) mass is 476 g/mol. The first-order valence-corrected chi connectivity index (χ1v) is 12.5. The summed E-state index contributed by atoms with van der Waals surface area (Å²) < 4.78 is 5.25. The fourth-order valence-corrected chi connectivity index (χ4v) is 5.76. The Kier molecular flexibility index (Phi) is 5.64. The topological polar surface area (TPSA) is 70.6 Å². The summed E-state index contributed by atoms with van der Waals surface area (Å²) in [6.07, 6.45) is 1.51. The van der Waals surface area contributed by atoms with Gasteiger partial charge in [0.25, 0.3) is 0 Å². The molecule has 1 aromatic heterocycles. The molecule has 2 heterocycles. The largest absolute Gasteiger partial charge is 0.461 e. The second-order valence-electron chi connectivity index (χ2n) is 9.22. The molecule has 2 aliphatic rings. The minimum absolute atomic E-state index is 0.0416. The van der Waals surface area contributed by atoms with E-state index in [1.165, 1.54) is 0 Å². The summed E-state index contributed by atoms with van der Waals surface area (Å²) in [7, 11) is 0. The van der Waals surface area contributed by atoms with Gasteiger partial charge in [-0.2, -0.15) is 10.2 Å². The number of benzene rings is 3. The van der Waals surface area contributed by atoms with Crippen LogP contribution in [0.2, 0.25) is 0 Å². The lowest BCUT2D eigenvalue weighted by Gasteiger charge is -2.42. The quantitative estimate of drug-likeness (QED) is 0.304. The van der Waals surface area contributed by atoms with Crippen molar-refractivity contribution in [2.75, 3.05) is 13.2 Å². The van der Waals surface area contributed by atoms with Crippen LogP contribution < -0.4 is 0 Å². The van der Waals surface area contributed by atoms with Gasteiger partial charge in [-0.1, -0.05) is 91.0 Å². The number of aromatic nitrogens is 2. The molecule has 4 aromatic rings. The van der Waals surface area contributed by atoms with Gasteiger partial charge in [0.2, 0.25) is 0 Å². The molecule has 1 atom stereocenters. The van der Waals surface area contributed by atoms with Crippen molar-refractivity contribution in [2.45, 2.75) is 31.2 Å². The number of H-pyrrole nitrogens is 1. The Morgan fingerprint density at radius 3 is 2.00 bits per heavy atom. The molecule has 0 spiro atoms. The average molecular weight is 477 g/mol. The summed E-state index contributed by atoms with van der Waals surface area (Å²) in [5, 5.41) is 15.1. The lowest BCUT2D eigenvalue weighted by molar-refractivity contribution is 0.0518. The van der Waals surface area contributed by atoms with Crippen LogP contribution in [0, 0.1) is 0 Å². The summed E-state index contributed by atoms with van der Waals surface area (Å²) in [6, 6.07) is 31.8. The molecule has 6 heteroatoms. The summed E-state index contributed by atoms with van der Waals surface area (Å²) in [5.74, 6) is -0.322. The van der Waals surface area contributed by atoms with Crippen molar-refractivity contribution in [1.82, 2.24) is 15.2 Å². The van der Waals surface area contributed by atoms with E-state index < -0.39 is 5.54 Å². The Labute approximate surface area is 210 Å². The van der Waals surface area contributed by atoms with Crippen molar-refractivity contribution in [3.63, 3.8) is 0 Å². The van der Waals surface area contributed by atoms with E-state index in [4.69, 9.17) is 9.84 Å². The summed E-state index contributed by atoms with van der Waals surface area (Å²) >= 11 is 0. The maximum Gasteiger partial charge on any atom is 0.359 e. The van der Waals surface area contributed by atoms with Crippen LogP contribution in [-0.4, -0.2) is 40.0 Å². The zero-order valence-electron chi connectivity index (χ0n) is 20.2. The van der Waals surface area contributed by atoms with Gasteiger partial charge >= 0.3 is 5.97 Å². The Morgan fingerprint density at radius 2 is 1.47 bits per heavy atom. The zero-order chi connectivity index (χ0) is 24.5. The van der Waals surface area contributed by atoms with Crippen LogP contribution in [0.25, 0.3) is 0 Å². The van der Waals surface area contributed by atoms with E-state index in [9.17, 15) is 4.79 Å². The molecule has 0 saturated heterocycles. The number of hydrogen-bond donors (Lipinski definition) is 1. The summed E-state index contributed by atoms with van der Waals surface area (Å²) in [6.45, 7) is 2.82. The number of rotatable bonds is 6. The highest BCUT2D eigenvalue weighted by molar-refractivity contribution is 5.96. The Morgan fingerprint density at radius 1 is 0.917 bits per heavy atom. The number of carbonyl (C=O) groups is 1. The smallest absolute Gasteiger partial charge is 0.359 e. The molecule has 0 amide bonds. The normalized spacial score (nSPS) is 16.8. The molecule has 1 N–H and O–H groups in total. The number of fused-ring (bicyclic) bond motifs is 3. The van der Waals surface area contributed by atoms with Crippen LogP contribution >= 0.6 is 0 Å². The zero-order valence-corrected chi connectivity index (χ0v) is 20.2. The average Bonchev–Trinajstić information content (AvgIpc) is 3.56. The van der Waals surface area contributed by atoms with Gasteiger partial charge in [0.1, 0.15) is 5.54 Å². The molecule has 0 saturated carbocycles. The van der Waals surface area contributed by atoms with Gasteiger partial charge in [0, 0.05) is 17.0 Å². The van der Waals surface area contributed by atoms with E-state index in [-0.39, 0.29) is 11.9 Å². The van der Waals surface area contributed by atoms with Crippen LogP contribution in [0.4, 0.5) is 0 Å². The molecule has 180 valence electrons. The van der Waals surface area contributed by atoms with Gasteiger partial charge in [-0.05, 0) is 36.5 Å². The first kappa shape index (κ1) is 22.3. The van der Waals surface area contributed by atoms with Crippen LogP contribution in [0.15, 0.2) is 96.1 Å². The Balaban J connectivity index is 1.50. The fraction of sp³-hybridized carbons (Fsp3) is 0.233. The lowest BCUT2D eigenvalue weighted by Crippen LogP contribution is -2.45. The van der Waals surface area contributed by atoms with E-state index in [1.54, 1.807) is 0 Å². The molecule has 6 rings (SSSR count). The second-order valence-corrected chi connectivity index (χ2v) is 9.22. The predicted molar refractivity (Wildman–Crippen MR) is 139 cm³/mol. The number of hydrogen-bond acceptors (Lipinski definition) is 5. The maximum absolute atomic E-state index is 12.5. The molecular formula is C30H28N4O2. The molecule has 1 aliphatic heterocycles. The van der Waals surface area contributed by atoms with Crippen molar-refractivity contribution in [3.05, 3.63) is 125 Å². The van der Waals surface area contributed by atoms with Crippen molar-refractivity contribution in [2.24, 2.45) is 5.10 Å². The SMILES string of the molecule is CCOC(=O)c1n[nH]c2c1CCC1=NN(C(c3ccccc3)(c3ccccc3)c3ccccc3)CC12. The first-order chi connectivity index (χ1) is 17.7. The third kappa shape index (κ3) is 3.44. The van der Waals surface area contributed by atoms with Gasteiger partial charge in [-0.25, -0.2) is 4.79 Å². The summed E-state index contributed by atoms with van der Waals surface area (Å²) in [5.41, 5.74) is 6.32. The number of nitrogens with zero attached hydrogens (tertiary/aromatic N) is 3. The highest BCUT2D eigenvalue weighted by atomic mass is 16.5. The van der Waals surface area contributed by atoms with E-state index >= 15 is 0 Å². The highest BCUT2D eigenvalue weighted by Crippen LogP contribution is 2.47. The number of carbonyl (C=O) groups excluding carboxylic acids is 1. The standard InChI is InChI=1S/C30H28N4O2/c1-2-36-29(35)28-24-18-19-26-25(27(24)31-32-28)20-34(33-26)30(21-12-6-3-7-13-21,22-14-8-4-9-15-22)23-16-10-5-11-17-23/h3-17,25H,2,18-20H2,1H3,(H,31,32). The minimum Gasteiger partial charge on any atom is -0.461 e. The molecular weight excluding hydrogens is 448 g/mol. The lowest BCUT2D eigenvalue weighted by atomic mass is 9.76. The number of hydrazone groups is 1. The van der Waals surface area contributed by atoms with E-state index in [0.29, 0.717) is 18.8 Å². The minimum atomic E-state index is -0.613. The van der Waals surface area contributed by atoms with E-state index in [0.717, 1.165) is 46.5 Å². The highest BCUT2D eigenvalue weighted by Gasteiger charge is 2.48. The van der Waals surface area contributed by atoms with E-state index in [1.807, 2.05) is 25.1 Å². The van der Waals surface area contributed by atoms with Crippen LogP contribution in [0.3, 0.4) is 0 Å². The first-order valence-electron chi connectivity index (χ1n) is 12.5. The van der Waals surface area contributed by atoms with Crippen LogP contribution in [0.5, 0.6) is 0 Å². The summed E-state index contributed by atoms with van der Waals surface area (Å²) in [4.78, 5) is 12.5. The molecule has 0 bridgehead atoms. The Bertz CT molecular complexity index is 1300. The third-order valence-electron chi connectivity index (χ3n) is 7.32. The second kappa shape index (κ2) is 9.11. The van der Waals surface area contributed by atoms with Gasteiger partial charge < -0.3 is 4.74 Å². The molecule has 1 aliphatic carbocycles.